The molecule has 1 aliphatic heterocycles. The molecule has 0 spiro atoms. The van der Waals surface area contributed by atoms with Gasteiger partial charge in [-0.05, 0) is 25.5 Å². The number of aryl methyl sites for hydroxylation is 1. The third-order valence-electron chi connectivity index (χ3n) is 2.64. The average Bonchev–Trinajstić information content (AvgIpc) is 2.45. The number of hydrogen-bond donors (Lipinski definition) is 1. The predicted octanol–water partition coefficient (Wildman–Crippen LogP) is 0.905. The number of anilines is 1. The lowest BCUT2D eigenvalue weighted by Gasteiger charge is -2.19. The van der Waals surface area contributed by atoms with E-state index in [4.69, 9.17) is 0 Å². The number of hydrogen-bond acceptors (Lipinski definition) is 3. The van der Waals surface area contributed by atoms with E-state index in [2.05, 4.69) is 0 Å². The Kier molecular flexibility index (Phi) is 2.52. The molecule has 4 heteroatoms. The number of nitrogens with zero attached hydrogens (tertiary/aromatic N) is 1. The monoisotopic (exact) mass is 219 g/mol. The van der Waals surface area contributed by atoms with E-state index in [-0.39, 0.29) is 6.54 Å². The Labute approximate surface area is 93.5 Å². The van der Waals surface area contributed by atoms with Crippen LogP contribution in [0.3, 0.4) is 0 Å². The van der Waals surface area contributed by atoms with Crippen LogP contribution in [0.2, 0.25) is 0 Å². The average molecular weight is 219 g/mol. The van der Waals surface area contributed by atoms with Crippen LogP contribution in [0.1, 0.15) is 22.8 Å². The van der Waals surface area contributed by atoms with E-state index >= 15 is 0 Å². The molecule has 0 aliphatic carbocycles. The molecule has 1 aromatic rings. The molecule has 0 saturated carbocycles. The minimum atomic E-state index is -0.651. The third-order valence-corrected chi connectivity index (χ3v) is 2.64. The van der Waals surface area contributed by atoms with Gasteiger partial charge in [0.1, 0.15) is 0 Å². The van der Waals surface area contributed by atoms with E-state index < -0.39 is 17.8 Å². The number of benzene rings is 1. The Morgan fingerprint density at radius 2 is 2.06 bits per heavy atom. The number of ketones is 1. The fraction of sp³-hybridized carbons (Fsp3) is 0.333. The van der Waals surface area contributed by atoms with E-state index in [0.29, 0.717) is 11.3 Å². The highest BCUT2D eigenvalue weighted by Crippen LogP contribution is 2.32. The number of fused-ring (bicyclic) bond motifs is 1. The number of aliphatic hydroxyl groups is 1. The first-order valence-electron chi connectivity index (χ1n) is 5.16. The maximum absolute atomic E-state index is 11.7. The van der Waals surface area contributed by atoms with Crippen LogP contribution in [0, 0.1) is 6.92 Å². The van der Waals surface area contributed by atoms with Gasteiger partial charge in [0.2, 0.25) is 0 Å². The molecule has 0 aromatic heterocycles. The van der Waals surface area contributed by atoms with Crippen molar-refractivity contribution in [3.8, 4) is 0 Å². The van der Waals surface area contributed by atoms with Gasteiger partial charge >= 0.3 is 0 Å². The molecule has 1 unspecified atom stereocenters. The summed E-state index contributed by atoms with van der Waals surface area (Å²) >= 11 is 0. The van der Waals surface area contributed by atoms with Crippen molar-refractivity contribution >= 4 is 17.4 Å². The van der Waals surface area contributed by atoms with Crippen molar-refractivity contribution in [1.29, 1.82) is 0 Å². The van der Waals surface area contributed by atoms with Gasteiger partial charge in [-0.2, -0.15) is 0 Å². The quantitative estimate of drug-likeness (QED) is 0.752. The lowest BCUT2D eigenvalue weighted by Crippen LogP contribution is -2.35. The molecule has 84 valence electrons. The number of aliphatic hydroxyl groups excluding tert-OH is 1. The maximum Gasteiger partial charge on any atom is 0.299 e. The van der Waals surface area contributed by atoms with Gasteiger partial charge < -0.3 is 10.0 Å². The standard InChI is InChI=1S/C12H13NO3/c1-7-4-3-5-9-10(7)13(6-8(2)14)12(16)11(9)15/h3-5,8,14H,6H2,1-2H3. The van der Waals surface area contributed by atoms with Gasteiger partial charge in [0.25, 0.3) is 11.7 Å². The molecule has 0 radical (unpaired) electrons. The number of amides is 1. The Balaban J connectivity index is 2.51. The summed E-state index contributed by atoms with van der Waals surface area (Å²) in [7, 11) is 0. The lowest BCUT2D eigenvalue weighted by atomic mass is 10.1. The number of β-amino-alcohol motifs (C(OH)–C–C–N with tert-alkyl or cyclic N) is 1. The molecule has 0 fully saturated rings. The number of para-hydroxylation sites is 1. The summed E-state index contributed by atoms with van der Waals surface area (Å²) in [6.45, 7) is 3.59. The Morgan fingerprint density at radius 1 is 1.38 bits per heavy atom. The van der Waals surface area contributed by atoms with Crippen LogP contribution in [0.4, 0.5) is 5.69 Å². The van der Waals surface area contributed by atoms with Gasteiger partial charge in [0.05, 0.1) is 23.9 Å². The van der Waals surface area contributed by atoms with Crippen LogP contribution in [-0.4, -0.2) is 29.4 Å². The van der Waals surface area contributed by atoms with E-state index in [1.165, 1.54) is 4.90 Å². The summed E-state index contributed by atoms with van der Waals surface area (Å²) in [5.41, 5.74) is 1.95. The topological polar surface area (TPSA) is 57.6 Å². The first-order valence-corrected chi connectivity index (χ1v) is 5.16. The summed E-state index contributed by atoms with van der Waals surface area (Å²) in [5.74, 6) is -1.04. The molecule has 16 heavy (non-hydrogen) atoms. The van der Waals surface area contributed by atoms with Crippen LogP contribution in [0.15, 0.2) is 18.2 Å². The van der Waals surface area contributed by atoms with Crippen molar-refractivity contribution in [2.24, 2.45) is 0 Å². The van der Waals surface area contributed by atoms with Crippen molar-refractivity contribution in [2.75, 3.05) is 11.4 Å². The molecular formula is C12H13NO3. The van der Waals surface area contributed by atoms with Crippen LogP contribution in [-0.2, 0) is 4.79 Å². The fourth-order valence-electron chi connectivity index (χ4n) is 1.98. The minimum Gasteiger partial charge on any atom is -0.392 e. The molecule has 1 aliphatic rings. The van der Waals surface area contributed by atoms with Gasteiger partial charge in [-0.1, -0.05) is 12.1 Å². The van der Waals surface area contributed by atoms with Crippen molar-refractivity contribution in [3.05, 3.63) is 29.3 Å². The first kappa shape index (κ1) is 10.8. The SMILES string of the molecule is Cc1cccc2c1N(CC(C)O)C(=O)C2=O. The fourth-order valence-corrected chi connectivity index (χ4v) is 1.98. The molecular weight excluding hydrogens is 206 g/mol. The summed E-state index contributed by atoms with van der Waals surface area (Å²) in [6, 6.07) is 5.25. The third kappa shape index (κ3) is 1.51. The zero-order valence-electron chi connectivity index (χ0n) is 9.23. The summed E-state index contributed by atoms with van der Waals surface area (Å²) in [6.07, 6.45) is -0.651. The van der Waals surface area contributed by atoms with E-state index in [1.54, 1.807) is 19.1 Å². The molecule has 4 nitrogen and oxygen atoms in total. The van der Waals surface area contributed by atoms with E-state index in [1.807, 2.05) is 13.0 Å². The molecule has 0 saturated heterocycles. The Bertz CT molecular complexity index is 465. The van der Waals surface area contributed by atoms with Crippen molar-refractivity contribution < 1.29 is 14.7 Å². The summed E-state index contributed by atoms with van der Waals surface area (Å²) in [4.78, 5) is 24.7. The zero-order valence-corrected chi connectivity index (χ0v) is 9.23. The maximum atomic E-state index is 11.7. The molecule has 1 N–H and O–H groups in total. The van der Waals surface area contributed by atoms with Crippen LogP contribution in [0.25, 0.3) is 0 Å². The molecule has 1 amide bonds. The van der Waals surface area contributed by atoms with Gasteiger partial charge in [-0.3, -0.25) is 9.59 Å². The molecule has 1 atom stereocenters. The second-order valence-electron chi connectivity index (χ2n) is 4.06. The zero-order chi connectivity index (χ0) is 11.9. The number of carbonyl (C=O) groups is 2. The van der Waals surface area contributed by atoms with Crippen LogP contribution < -0.4 is 4.90 Å². The van der Waals surface area contributed by atoms with Gasteiger partial charge in [0.15, 0.2) is 0 Å². The first-order chi connectivity index (χ1) is 7.52. The second-order valence-corrected chi connectivity index (χ2v) is 4.06. The highest BCUT2D eigenvalue weighted by Gasteiger charge is 2.36. The second kappa shape index (κ2) is 3.72. The van der Waals surface area contributed by atoms with Crippen LogP contribution >= 0.6 is 0 Å². The lowest BCUT2D eigenvalue weighted by molar-refractivity contribution is -0.114. The molecule has 1 heterocycles. The largest absolute Gasteiger partial charge is 0.392 e. The van der Waals surface area contributed by atoms with Crippen molar-refractivity contribution in [1.82, 2.24) is 0 Å². The molecule has 0 bridgehead atoms. The smallest absolute Gasteiger partial charge is 0.299 e. The normalized spacial score (nSPS) is 16.6. The number of carbonyl (C=O) groups excluding carboxylic acids is 2. The Morgan fingerprint density at radius 3 is 2.69 bits per heavy atom. The van der Waals surface area contributed by atoms with Gasteiger partial charge in [-0.15, -0.1) is 0 Å². The Hall–Kier alpha value is -1.68. The summed E-state index contributed by atoms with van der Waals surface area (Å²) < 4.78 is 0. The number of rotatable bonds is 2. The number of Topliss-reactive ketones (excluding diaryl/α,β-unsaturated/α-hetero) is 1. The van der Waals surface area contributed by atoms with Crippen molar-refractivity contribution in [2.45, 2.75) is 20.0 Å². The van der Waals surface area contributed by atoms with Gasteiger partial charge in [-0.25, -0.2) is 0 Å². The van der Waals surface area contributed by atoms with Gasteiger partial charge in [0, 0.05) is 0 Å². The van der Waals surface area contributed by atoms with Crippen LogP contribution in [0.5, 0.6) is 0 Å². The van der Waals surface area contributed by atoms with E-state index in [0.717, 1.165) is 5.56 Å². The highest BCUT2D eigenvalue weighted by atomic mass is 16.3. The molecule has 2 rings (SSSR count). The molecule has 1 aromatic carbocycles. The predicted molar refractivity (Wildman–Crippen MR) is 59.5 cm³/mol. The summed E-state index contributed by atoms with van der Waals surface area (Å²) in [5, 5.41) is 9.33. The van der Waals surface area contributed by atoms with E-state index in [9.17, 15) is 14.7 Å². The van der Waals surface area contributed by atoms with Crippen molar-refractivity contribution in [3.63, 3.8) is 0 Å². The minimum absolute atomic E-state index is 0.155. The highest BCUT2D eigenvalue weighted by molar-refractivity contribution is 6.52.